The third kappa shape index (κ3) is 3.74. The normalized spacial score (nSPS) is 12.0. The number of amides is 1. The molecular weight excluding hydrogens is 228 g/mol. The van der Waals surface area contributed by atoms with Gasteiger partial charge in [-0.25, -0.2) is 0 Å². The Morgan fingerprint density at radius 3 is 2.50 bits per heavy atom. The van der Waals surface area contributed by atoms with Crippen LogP contribution in [-0.4, -0.2) is 30.5 Å². The predicted octanol–water partition coefficient (Wildman–Crippen LogP) is 1.95. The molecule has 0 fully saturated rings. The number of likely N-dealkylation sites (N-methyl/N-ethyl adjacent to an activating group) is 1. The summed E-state index contributed by atoms with van der Waals surface area (Å²) in [7, 11) is 0. The van der Waals surface area contributed by atoms with Gasteiger partial charge in [-0.3, -0.25) is 4.79 Å². The zero-order valence-electron chi connectivity index (χ0n) is 11.3. The van der Waals surface area contributed by atoms with Crippen LogP contribution in [0.2, 0.25) is 0 Å². The smallest absolute Gasteiger partial charge is 0.260 e. The molecule has 1 rings (SSSR count). The van der Waals surface area contributed by atoms with Gasteiger partial charge >= 0.3 is 0 Å². The maximum absolute atomic E-state index is 11.8. The van der Waals surface area contributed by atoms with Gasteiger partial charge in [-0.15, -0.1) is 0 Å². The molecular formula is C14H22N2O2. The first-order valence-corrected chi connectivity index (χ1v) is 6.35. The monoisotopic (exact) mass is 250 g/mol. The fourth-order valence-corrected chi connectivity index (χ4v) is 1.80. The van der Waals surface area contributed by atoms with E-state index in [2.05, 4.69) is 0 Å². The summed E-state index contributed by atoms with van der Waals surface area (Å²) in [5.41, 5.74) is 6.78. The van der Waals surface area contributed by atoms with Crippen LogP contribution < -0.4 is 10.5 Å². The second-order valence-corrected chi connectivity index (χ2v) is 4.18. The van der Waals surface area contributed by atoms with Crippen LogP contribution in [-0.2, 0) is 4.79 Å². The molecule has 0 saturated carbocycles. The average molecular weight is 250 g/mol. The first-order chi connectivity index (χ1) is 8.60. The Morgan fingerprint density at radius 1 is 1.33 bits per heavy atom. The van der Waals surface area contributed by atoms with E-state index < -0.39 is 0 Å². The standard InChI is InChI=1S/C14H22N2O2/c1-4-16(5-2)14(17)10-18-13-9-7-6-8-12(13)11(3)15/h6-9,11H,4-5,10,15H2,1-3H3. The summed E-state index contributed by atoms with van der Waals surface area (Å²) in [6, 6.07) is 7.45. The zero-order chi connectivity index (χ0) is 13.5. The summed E-state index contributed by atoms with van der Waals surface area (Å²) in [5.74, 6) is 0.687. The van der Waals surface area contributed by atoms with E-state index in [0.29, 0.717) is 18.8 Å². The van der Waals surface area contributed by atoms with Crippen LogP contribution in [0.15, 0.2) is 24.3 Å². The largest absolute Gasteiger partial charge is 0.483 e. The maximum Gasteiger partial charge on any atom is 0.260 e. The van der Waals surface area contributed by atoms with Crippen LogP contribution >= 0.6 is 0 Å². The molecule has 0 aliphatic heterocycles. The van der Waals surface area contributed by atoms with E-state index in [9.17, 15) is 4.79 Å². The molecule has 0 bridgehead atoms. The lowest BCUT2D eigenvalue weighted by Crippen LogP contribution is -2.34. The van der Waals surface area contributed by atoms with E-state index in [0.717, 1.165) is 5.56 Å². The molecule has 0 aliphatic carbocycles. The molecule has 0 aliphatic rings. The highest BCUT2D eigenvalue weighted by Crippen LogP contribution is 2.23. The number of nitrogens with zero attached hydrogens (tertiary/aromatic N) is 1. The quantitative estimate of drug-likeness (QED) is 0.839. The first kappa shape index (κ1) is 14.5. The van der Waals surface area contributed by atoms with Crippen molar-refractivity contribution in [1.29, 1.82) is 0 Å². The molecule has 100 valence electrons. The topological polar surface area (TPSA) is 55.6 Å². The summed E-state index contributed by atoms with van der Waals surface area (Å²) in [4.78, 5) is 13.6. The van der Waals surface area contributed by atoms with Crippen molar-refractivity contribution in [1.82, 2.24) is 4.90 Å². The molecule has 1 unspecified atom stereocenters. The van der Waals surface area contributed by atoms with E-state index in [1.165, 1.54) is 0 Å². The second-order valence-electron chi connectivity index (χ2n) is 4.18. The number of ether oxygens (including phenoxy) is 1. The third-order valence-electron chi connectivity index (χ3n) is 2.88. The van der Waals surface area contributed by atoms with Crippen molar-refractivity contribution in [3.8, 4) is 5.75 Å². The fraction of sp³-hybridized carbons (Fsp3) is 0.500. The Hall–Kier alpha value is -1.55. The van der Waals surface area contributed by atoms with Gasteiger partial charge in [0.2, 0.25) is 0 Å². The van der Waals surface area contributed by atoms with Crippen molar-refractivity contribution in [2.75, 3.05) is 19.7 Å². The van der Waals surface area contributed by atoms with Crippen LogP contribution in [0, 0.1) is 0 Å². The second kappa shape index (κ2) is 7.01. The average Bonchev–Trinajstić information content (AvgIpc) is 2.38. The lowest BCUT2D eigenvalue weighted by atomic mass is 10.1. The number of hydrogen-bond acceptors (Lipinski definition) is 3. The number of para-hydroxylation sites is 1. The Bertz CT molecular complexity index is 387. The Kier molecular flexibility index (Phi) is 5.65. The number of carbonyl (C=O) groups excluding carboxylic acids is 1. The van der Waals surface area contributed by atoms with Gasteiger partial charge in [-0.2, -0.15) is 0 Å². The number of hydrogen-bond donors (Lipinski definition) is 1. The highest BCUT2D eigenvalue weighted by molar-refractivity contribution is 5.77. The molecule has 0 aromatic heterocycles. The zero-order valence-corrected chi connectivity index (χ0v) is 11.3. The van der Waals surface area contributed by atoms with Gasteiger partial charge in [0.25, 0.3) is 5.91 Å². The molecule has 1 aromatic rings. The summed E-state index contributed by atoms with van der Waals surface area (Å²) >= 11 is 0. The van der Waals surface area contributed by atoms with Crippen LogP contribution in [0.25, 0.3) is 0 Å². The minimum Gasteiger partial charge on any atom is -0.483 e. The SMILES string of the molecule is CCN(CC)C(=O)COc1ccccc1C(C)N. The summed E-state index contributed by atoms with van der Waals surface area (Å²) in [6.45, 7) is 7.27. The van der Waals surface area contributed by atoms with Crippen molar-refractivity contribution in [3.05, 3.63) is 29.8 Å². The molecule has 4 heteroatoms. The maximum atomic E-state index is 11.8. The number of carbonyl (C=O) groups is 1. The summed E-state index contributed by atoms with van der Waals surface area (Å²) in [5, 5.41) is 0. The van der Waals surface area contributed by atoms with Gasteiger partial charge in [0.1, 0.15) is 5.75 Å². The summed E-state index contributed by atoms with van der Waals surface area (Å²) in [6.07, 6.45) is 0. The molecule has 4 nitrogen and oxygen atoms in total. The highest BCUT2D eigenvalue weighted by atomic mass is 16.5. The van der Waals surface area contributed by atoms with E-state index in [-0.39, 0.29) is 18.6 Å². The molecule has 0 spiro atoms. The Balaban J connectivity index is 2.66. The van der Waals surface area contributed by atoms with Gasteiger partial charge in [0.15, 0.2) is 6.61 Å². The van der Waals surface area contributed by atoms with E-state index in [1.54, 1.807) is 4.90 Å². The van der Waals surface area contributed by atoms with Gasteiger partial charge in [0.05, 0.1) is 0 Å². The fourth-order valence-electron chi connectivity index (χ4n) is 1.80. The Morgan fingerprint density at radius 2 is 1.94 bits per heavy atom. The van der Waals surface area contributed by atoms with Crippen LogP contribution in [0.3, 0.4) is 0 Å². The van der Waals surface area contributed by atoms with E-state index in [4.69, 9.17) is 10.5 Å². The van der Waals surface area contributed by atoms with Gasteiger partial charge in [-0.05, 0) is 26.8 Å². The lowest BCUT2D eigenvalue weighted by molar-refractivity contribution is -0.132. The third-order valence-corrected chi connectivity index (χ3v) is 2.88. The molecule has 0 saturated heterocycles. The van der Waals surface area contributed by atoms with Crippen molar-refractivity contribution >= 4 is 5.91 Å². The lowest BCUT2D eigenvalue weighted by Gasteiger charge is -2.19. The van der Waals surface area contributed by atoms with Crippen LogP contribution in [0.5, 0.6) is 5.75 Å². The molecule has 1 aromatic carbocycles. The van der Waals surface area contributed by atoms with Crippen molar-refractivity contribution in [2.45, 2.75) is 26.8 Å². The van der Waals surface area contributed by atoms with Crippen molar-refractivity contribution in [2.24, 2.45) is 5.73 Å². The molecule has 0 heterocycles. The molecule has 1 atom stereocenters. The van der Waals surface area contributed by atoms with Gasteiger partial charge in [0, 0.05) is 24.7 Å². The van der Waals surface area contributed by atoms with E-state index >= 15 is 0 Å². The molecule has 2 N–H and O–H groups in total. The number of nitrogens with two attached hydrogens (primary N) is 1. The van der Waals surface area contributed by atoms with E-state index in [1.807, 2.05) is 45.0 Å². The van der Waals surface area contributed by atoms with Crippen LogP contribution in [0.1, 0.15) is 32.4 Å². The predicted molar refractivity (Wildman–Crippen MR) is 72.5 cm³/mol. The molecule has 1 amide bonds. The minimum absolute atomic E-state index is 0.000484. The summed E-state index contributed by atoms with van der Waals surface area (Å²) < 4.78 is 5.57. The van der Waals surface area contributed by atoms with Crippen molar-refractivity contribution in [3.63, 3.8) is 0 Å². The number of rotatable bonds is 6. The Labute approximate surface area is 109 Å². The minimum atomic E-state index is -0.107. The number of benzene rings is 1. The van der Waals surface area contributed by atoms with Gasteiger partial charge in [-0.1, -0.05) is 18.2 Å². The van der Waals surface area contributed by atoms with Crippen LogP contribution in [0.4, 0.5) is 0 Å². The molecule has 0 radical (unpaired) electrons. The van der Waals surface area contributed by atoms with Gasteiger partial charge < -0.3 is 15.4 Å². The highest BCUT2D eigenvalue weighted by Gasteiger charge is 2.12. The van der Waals surface area contributed by atoms with Crippen molar-refractivity contribution < 1.29 is 9.53 Å². The molecule has 18 heavy (non-hydrogen) atoms. The first-order valence-electron chi connectivity index (χ1n) is 6.35.